The lowest BCUT2D eigenvalue weighted by molar-refractivity contribution is 0.0886. The van der Waals surface area contributed by atoms with Crippen LogP contribution in [0.5, 0.6) is 0 Å². The third-order valence-corrected chi connectivity index (χ3v) is 4.25. The Kier molecular flexibility index (Phi) is 3.20. The molecule has 2 aromatic carbocycles. The van der Waals surface area contributed by atoms with Crippen molar-refractivity contribution in [3.8, 4) is 0 Å². The van der Waals surface area contributed by atoms with Gasteiger partial charge in [-0.05, 0) is 18.4 Å². The quantitative estimate of drug-likeness (QED) is 0.739. The largest absolute Gasteiger partial charge is 0.293 e. The van der Waals surface area contributed by atoms with Crippen LogP contribution < -0.4 is 0 Å². The van der Waals surface area contributed by atoms with Crippen LogP contribution >= 0.6 is 0 Å². The van der Waals surface area contributed by atoms with Gasteiger partial charge in [0.15, 0.2) is 5.78 Å². The van der Waals surface area contributed by atoms with Crippen LogP contribution in [0.1, 0.15) is 41.6 Å². The minimum atomic E-state index is -0.289. The number of rotatable bonds is 3. The first-order chi connectivity index (χ1) is 9.33. The van der Waals surface area contributed by atoms with Gasteiger partial charge in [-0.15, -0.1) is 0 Å². The fraction of sp³-hybridized carbons (Fsp3) is 0.278. The molecule has 0 radical (unpaired) electrons. The van der Waals surface area contributed by atoms with Gasteiger partial charge in [0, 0.05) is 5.56 Å². The second-order valence-corrected chi connectivity index (χ2v) is 5.35. The van der Waals surface area contributed by atoms with Crippen LogP contribution in [-0.2, 0) is 5.41 Å². The van der Waals surface area contributed by atoms with Crippen molar-refractivity contribution in [2.75, 3.05) is 0 Å². The Hall–Kier alpha value is -1.89. The molecule has 0 aliphatic heterocycles. The SMILES string of the molecule is O=C(c1ccccc1)C1(c2ccccc2)CCCC1. The molecular weight excluding hydrogens is 232 g/mol. The second-order valence-electron chi connectivity index (χ2n) is 5.35. The average molecular weight is 250 g/mol. The zero-order chi connectivity index (χ0) is 13.1. The fourth-order valence-corrected chi connectivity index (χ4v) is 3.25. The molecule has 96 valence electrons. The standard InChI is InChI=1S/C18H18O/c19-17(15-9-3-1-4-10-15)18(13-7-8-14-18)16-11-5-2-6-12-16/h1-6,9-12H,7-8,13-14H2. The zero-order valence-corrected chi connectivity index (χ0v) is 11.0. The number of carbonyl (C=O) groups is 1. The minimum absolute atomic E-state index is 0.289. The van der Waals surface area contributed by atoms with Crippen molar-refractivity contribution in [3.63, 3.8) is 0 Å². The predicted octanol–water partition coefficient (Wildman–Crippen LogP) is 4.38. The Morgan fingerprint density at radius 1 is 0.789 bits per heavy atom. The molecule has 0 heterocycles. The molecule has 0 saturated heterocycles. The highest BCUT2D eigenvalue weighted by molar-refractivity contribution is 6.04. The Morgan fingerprint density at radius 2 is 1.32 bits per heavy atom. The number of hydrogen-bond donors (Lipinski definition) is 0. The van der Waals surface area contributed by atoms with E-state index < -0.39 is 0 Å². The van der Waals surface area contributed by atoms with Crippen molar-refractivity contribution in [1.29, 1.82) is 0 Å². The van der Waals surface area contributed by atoms with Gasteiger partial charge >= 0.3 is 0 Å². The predicted molar refractivity (Wildman–Crippen MR) is 77.4 cm³/mol. The summed E-state index contributed by atoms with van der Waals surface area (Å²) in [5.41, 5.74) is 1.73. The van der Waals surface area contributed by atoms with E-state index in [0.29, 0.717) is 0 Å². The maximum atomic E-state index is 13.0. The van der Waals surface area contributed by atoms with Crippen LogP contribution in [0.4, 0.5) is 0 Å². The number of benzene rings is 2. The van der Waals surface area contributed by atoms with Crippen LogP contribution in [0.2, 0.25) is 0 Å². The molecule has 3 rings (SSSR count). The third kappa shape index (κ3) is 2.10. The van der Waals surface area contributed by atoms with Crippen molar-refractivity contribution in [3.05, 3.63) is 71.8 Å². The van der Waals surface area contributed by atoms with Gasteiger partial charge in [0.25, 0.3) is 0 Å². The normalized spacial score (nSPS) is 17.3. The van der Waals surface area contributed by atoms with Crippen molar-refractivity contribution in [2.45, 2.75) is 31.1 Å². The molecule has 0 N–H and O–H groups in total. The van der Waals surface area contributed by atoms with Crippen molar-refractivity contribution < 1.29 is 4.79 Å². The molecule has 0 spiro atoms. The molecular formula is C18H18O. The van der Waals surface area contributed by atoms with E-state index in [4.69, 9.17) is 0 Å². The summed E-state index contributed by atoms with van der Waals surface area (Å²) in [5, 5.41) is 0. The first-order valence-corrected chi connectivity index (χ1v) is 6.98. The van der Waals surface area contributed by atoms with Crippen molar-refractivity contribution in [1.82, 2.24) is 0 Å². The van der Waals surface area contributed by atoms with Gasteiger partial charge in [0.2, 0.25) is 0 Å². The van der Waals surface area contributed by atoms with E-state index in [0.717, 1.165) is 31.2 Å². The Balaban J connectivity index is 2.05. The van der Waals surface area contributed by atoms with Crippen LogP contribution in [0.25, 0.3) is 0 Å². The van der Waals surface area contributed by atoms with E-state index in [1.807, 2.05) is 48.5 Å². The fourth-order valence-electron chi connectivity index (χ4n) is 3.25. The maximum absolute atomic E-state index is 13.0. The van der Waals surface area contributed by atoms with E-state index in [1.165, 1.54) is 5.56 Å². The van der Waals surface area contributed by atoms with E-state index in [1.54, 1.807) is 0 Å². The molecule has 1 nitrogen and oxygen atoms in total. The average Bonchev–Trinajstić information content (AvgIpc) is 2.99. The molecule has 1 heteroatoms. The third-order valence-electron chi connectivity index (χ3n) is 4.25. The van der Waals surface area contributed by atoms with E-state index in [9.17, 15) is 4.79 Å². The highest BCUT2D eigenvalue weighted by Crippen LogP contribution is 2.43. The van der Waals surface area contributed by atoms with Crippen LogP contribution in [0, 0.1) is 0 Å². The summed E-state index contributed by atoms with van der Waals surface area (Å²) in [5.74, 6) is 0.289. The topological polar surface area (TPSA) is 17.1 Å². The van der Waals surface area contributed by atoms with Gasteiger partial charge in [-0.1, -0.05) is 73.5 Å². The van der Waals surface area contributed by atoms with Crippen LogP contribution in [0.3, 0.4) is 0 Å². The lowest BCUT2D eigenvalue weighted by atomic mass is 9.73. The maximum Gasteiger partial charge on any atom is 0.173 e. The molecule has 0 bridgehead atoms. The number of carbonyl (C=O) groups excluding carboxylic acids is 1. The Morgan fingerprint density at radius 3 is 1.89 bits per heavy atom. The van der Waals surface area contributed by atoms with Crippen LogP contribution in [-0.4, -0.2) is 5.78 Å². The lowest BCUT2D eigenvalue weighted by Gasteiger charge is -2.28. The summed E-state index contributed by atoms with van der Waals surface area (Å²) < 4.78 is 0. The van der Waals surface area contributed by atoms with Gasteiger partial charge in [-0.3, -0.25) is 4.79 Å². The summed E-state index contributed by atoms with van der Waals surface area (Å²) in [7, 11) is 0. The molecule has 1 fully saturated rings. The number of hydrogen-bond acceptors (Lipinski definition) is 1. The van der Waals surface area contributed by atoms with Gasteiger partial charge in [-0.25, -0.2) is 0 Å². The summed E-state index contributed by atoms with van der Waals surface area (Å²) in [6.45, 7) is 0. The molecule has 0 aromatic heterocycles. The first-order valence-electron chi connectivity index (χ1n) is 6.98. The van der Waals surface area contributed by atoms with E-state index in [2.05, 4.69) is 12.1 Å². The zero-order valence-electron chi connectivity index (χ0n) is 11.0. The molecule has 0 unspecified atom stereocenters. The van der Waals surface area contributed by atoms with Crippen LogP contribution in [0.15, 0.2) is 60.7 Å². The molecule has 2 aromatic rings. The van der Waals surface area contributed by atoms with Gasteiger partial charge in [0.1, 0.15) is 0 Å². The Bertz CT molecular complexity index is 551. The molecule has 1 aliphatic rings. The summed E-state index contributed by atoms with van der Waals surface area (Å²) in [6, 6.07) is 20.0. The van der Waals surface area contributed by atoms with Crippen molar-refractivity contribution >= 4 is 5.78 Å². The van der Waals surface area contributed by atoms with Gasteiger partial charge < -0.3 is 0 Å². The highest BCUT2D eigenvalue weighted by atomic mass is 16.1. The van der Waals surface area contributed by atoms with Crippen molar-refractivity contribution in [2.24, 2.45) is 0 Å². The number of ketones is 1. The minimum Gasteiger partial charge on any atom is -0.293 e. The van der Waals surface area contributed by atoms with E-state index in [-0.39, 0.29) is 11.2 Å². The molecule has 19 heavy (non-hydrogen) atoms. The summed E-state index contributed by atoms with van der Waals surface area (Å²) in [6.07, 6.45) is 4.25. The lowest BCUT2D eigenvalue weighted by Crippen LogP contribution is -2.32. The highest BCUT2D eigenvalue weighted by Gasteiger charge is 2.42. The van der Waals surface area contributed by atoms with E-state index >= 15 is 0 Å². The first kappa shape index (κ1) is 12.2. The smallest absolute Gasteiger partial charge is 0.173 e. The summed E-state index contributed by atoms with van der Waals surface area (Å²) in [4.78, 5) is 13.0. The van der Waals surface area contributed by atoms with Gasteiger partial charge in [0.05, 0.1) is 5.41 Å². The summed E-state index contributed by atoms with van der Waals surface area (Å²) >= 11 is 0. The molecule has 1 aliphatic carbocycles. The molecule has 0 atom stereocenters. The Labute approximate surface area is 114 Å². The number of Topliss-reactive ketones (excluding diaryl/α,β-unsaturated/α-hetero) is 1. The van der Waals surface area contributed by atoms with Gasteiger partial charge in [-0.2, -0.15) is 0 Å². The monoisotopic (exact) mass is 250 g/mol. The molecule has 0 amide bonds. The molecule has 1 saturated carbocycles. The second kappa shape index (κ2) is 5.00.